The summed E-state index contributed by atoms with van der Waals surface area (Å²) < 4.78 is 5.54. The Bertz CT molecular complexity index is 489. The molecule has 0 radical (unpaired) electrons. The number of nitrogens with zero attached hydrogens (tertiary/aromatic N) is 1. The first-order valence-corrected chi connectivity index (χ1v) is 6.73. The fourth-order valence-electron chi connectivity index (χ4n) is 2.37. The molecule has 1 saturated heterocycles. The minimum absolute atomic E-state index is 0.0228. The standard InChI is InChI=1S/C15H20N2O3/c1-15(14(19)16-2)11-17(8-9-20-15)13(18)10-12-6-4-3-5-7-12/h3-7H,8-11H2,1-2H3,(H,16,19)/t15-/m0/s1. The van der Waals surface area contributed by atoms with E-state index in [1.807, 2.05) is 30.3 Å². The molecule has 1 aliphatic rings. The summed E-state index contributed by atoms with van der Waals surface area (Å²) in [4.78, 5) is 25.8. The van der Waals surface area contributed by atoms with Gasteiger partial charge in [0.05, 0.1) is 19.6 Å². The molecule has 2 rings (SSSR count). The zero-order chi connectivity index (χ0) is 14.6. The molecule has 0 saturated carbocycles. The molecule has 0 bridgehead atoms. The van der Waals surface area contributed by atoms with Gasteiger partial charge in [-0.3, -0.25) is 9.59 Å². The monoisotopic (exact) mass is 276 g/mol. The minimum atomic E-state index is -0.959. The molecule has 20 heavy (non-hydrogen) atoms. The average Bonchev–Trinajstić information content (AvgIpc) is 2.47. The molecule has 108 valence electrons. The lowest BCUT2D eigenvalue weighted by Crippen LogP contribution is -2.59. The Kier molecular flexibility index (Phi) is 4.39. The third-order valence-electron chi connectivity index (χ3n) is 3.53. The molecule has 1 heterocycles. The van der Waals surface area contributed by atoms with Gasteiger partial charge in [-0.1, -0.05) is 30.3 Å². The highest BCUT2D eigenvalue weighted by molar-refractivity contribution is 5.86. The lowest BCUT2D eigenvalue weighted by Gasteiger charge is -2.39. The number of carbonyl (C=O) groups is 2. The first kappa shape index (κ1) is 14.5. The van der Waals surface area contributed by atoms with Crippen molar-refractivity contribution in [2.24, 2.45) is 0 Å². The van der Waals surface area contributed by atoms with E-state index in [0.717, 1.165) is 5.56 Å². The number of hydrogen-bond acceptors (Lipinski definition) is 3. The first-order valence-electron chi connectivity index (χ1n) is 6.73. The molecule has 1 N–H and O–H groups in total. The van der Waals surface area contributed by atoms with Crippen LogP contribution in [0.25, 0.3) is 0 Å². The molecule has 0 aromatic heterocycles. The number of morpholine rings is 1. The summed E-state index contributed by atoms with van der Waals surface area (Å²) in [5.74, 6) is -0.177. The van der Waals surface area contributed by atoms with Crippen LogP contribution in [-0.2, 0) is 20.7 Å². The Labute approximate surface area is 118 Å². The SMILES string of the molecule is CNC(=O)[C@]1(C)CN(C(=O)Cc2ccccc2)CCO1. The third-order valence-corrected chi connectivity index (χ3v) is 3.53. The predicted molar refractivity (Wildman–Crippen MR) is 75.1 cm³/mol. The van der Waals surface area contributed by atoms with Gasteiger partial charge in [0.1, 0.15) is 0 Å². The second-order valence-corrected chi connectivity index (χ2v) is 5.14. The number of amides is 2. The number of hydrogen-bond donors (Lipinski definition) is 1. The summed E-state index contributed by atoms with van der Waals surface area (Å²) in [5, 5.41) is 2.58. The van der Waals surface area contributed by atoms with E-state index in [-0.39, 0.29) is 11.8 Å². The summed E-state index contributed by atoms with van der Waals surface area (Å²) in [6.07, 6.45) is 0.352. The van der Waals surface area contributed by atoms with Crippen LogP contribution in [0.2, 0.25) is 0 Å². The van der Waals surface area contributed by atoms with Crippen LogP contribution in [0.4, 0.5) is 0 Å². The second-order valence-electron chi connectivity index (χ2n) is 5.14. The fraction of sp³-hybridized carbons (Fsp3) is 0.467. The molecule has 5 heteroatoms. The topological polar surface area (TPSA) is 58.6 Å². The Balaban J connectivity index is 2.02. The van der Waals surface area contributed by atoms with Gasteiger partial charge in [-0.15, -0.1) is 0 Å². The highest BCUT2D eigenvalue weighted by atomic mass is 16.5. The van der Waals surface area contributed by atoms with Crippen LogP contribution < -0.4 is 5.32 Å². The van der Waals surface area contributed by atoms with Gasteiger partial charge in [0.2, 0.25) is 5.91 Å². The van der Waals surface area contributed by atoms with Crippen molar-refractivity contribution >= 4 is 11.8 Å². The van der Waals surface area contributed by atoms with Crippen molar-refractivity contribution in [1.29, 1.82) is 0 Å². The maximum absolute atomic E-state index is 12.3. The molecule has 2 amide bonds. The number of rotatable bonds is 3. The van der Waals surface area contributed by atoms with Crippen LogP contribution in [0.1, 0.15) is 12.5 Å². The summed E-state index contributed by atoms with van der Waals surface area (Å²) in [6.45, 7) is 2.91. The average molecular weight is 276 g/mol. The molecule has 1 aromatic carbocycles. The molecule has 0 spiro atoms. The van der Waals surface area contributed by atoms with E-state index in [1.54, 1.807) is 18.9 Å². The zero-order valence-electron chi connectivity index (χ0n) is 11.9. The molecule has 0 aliphatic carbocycles. The van der Waals surface area contributed by atoms with Crippen molar-refractivity contribution in [3.63, 3.8) is 0 Å². The van der Waals surface area contributed by atoms with E-state index in [4.69, 9.17) is 4.74 Å². The van der Waals surface area contributed by atoms with Crippen molar-refractivity contribution in [2.75, 3.05) is 26.7 Å². The molecular formula is C15H20N2O3. The third kappa shape index (κ3) is 3.17. The molecule has 5 nitrogen and oxygen atoms in total. The number of ether oxygens (including phenoxy) is 1. The quantitative estimate of drug-likeness (QED) is 0.879. The predicted octanol–water partition coefficient (Wildman–Crippen LogP) is 0.593. The first-order chi connectivity index (χ1) is 9.55. The number of carbonyl (C=O) groups excluding carboxylic acids is 2. The molecule has 0 unspecified atom stereocenters. The highest BCUT2D eigenvalue weighted by Gasteiger charge is 2.39. The van der Waals surface area contributed by atoms with E-state index >= 15 is 0 Å². The van der Waals surface area contributed by atoms with Gasteiger partial charge in [0.25, 0.3) is 5.91 Å². The molecule has 1 atom stereocenters. The van der Waals surface area contributed by atoms with Gasteiger partial charge >= 0.3 is 0 Å². The Hall–Kier alpha value is -1.88. The Morgan fingerprint density at radius 3 is 2.70 bits per heavy atom. The van der Waals surface area contributed by atoms with Gasteiger partial charge in [0, 0.05) is 13.6 Å². The lowest BCUT2D eigenvalue weighted by molar-refractivity contribution is -0.162. The molecular weight excluding hydrogens is 256 g/mol. The van der Waals surface area contributed by atoms with Crippen LogP contribution >= 0.6 is 0 Å². The van der Waals surface area contributed by atoms with Crippen molar-refractivity contribution in [1.82, 2.24) is 10.2 Å². The summed E-state index contributed by atoms with van der Waals surface area (Å²) >= 11 is 0. The van der Waals surface area contributed by atoms with Gasteiger partial charge in [-0.2, -0.15) is 0 Å². The fourth-order valence-corrected chi connectivity index (χ4v) is 2.37. The molecule has 1 aliphatic heterocycles. The molecule has 1 aromatic rings. The normalized spacial score (nSPS) is 22.4. The van der Waals surface area contributed by atoms with E-state index in [1.165, 1.54) is 0 Å². The van der Waals surface area contributed by atoms with Gasteiger partial charge < -0.3 is 15.0 Å². The van der Waals surface area contributed by atoms with Gasteiger partial charge in [-0.05, 0) is 12.5 Å². The number of likely N-dealkylation sites (N-methyl/N-ethyl adjacent to an activating group) is 1. The summed E-state index contributed by atoms with van der Waals surface area (Å²) in [7, 11) is 1.57. The summed E-state index contributed by atoms with van der Waals surface area (Å²) in [5.41, 5.74) is 0.0185. The van der Waals surface area contributed by atoms with Crippen molar-refractivity contribution < 1.29 is 14.3 Å². The van der Waals surface area contributed by atoms with E-state index < -0.39 is 5.60 Å². The van der Waals surface area contributed by atoms with Crippen LogP contribution in [0.5, 0.6) is 0 Å². The Morgan fingerprint density at radius 1 is 1.35 bits per heavy atom. The summed E-state index contributed by atoms with van der Waals surface area (Å²) in [6, 6.07) is 9.60. The maximum Gasteiger partial charge on any atom is 0.253 e. The number of nitrogens with one attached hydrogen (secondary N) is 1. The number of benzene rings is 1. The van der Waals surface area contributed by atoms with Crippen molar-refractivity contribution in [3.05, 3.63) is 35.9 Å². The van der Waals surface area contributed by atoms with Gasteiger partial charge in [0.15, 0.2) is 5.60 Å². The van der Waals surface area contributed by atoms with Crippen molar-refractivity contribution in [2.45, 2.75) is 18.9 Å². The van der Waals surface area contributed by atoms with E-state index in [0.29, 0.717) is 26.1 Å². The second kappa shape index (κ2) is 6.05. The van der Waals surface area contributed by atoms with E-state index in [9.17, 15) is 9.59 Å². The smallest absolute Gasteiger partial charge is 0.253 e. The van der Waals surface area contributed by atoms with Crippen LogP contribution in [0, 0.1) is 0 Å². The van der Waals surface area contributed by atoms with Crippen LogP contribution in [0.15, 0.2) is 30.3 Å². The zero-order valence-corrected chi connectivity index (χ0v) is 11.9. The van der Waals surface area contributed by atoms with Crippen LogP contribution in [-0.4, -0.2) is 49.1 Å². The van der Waals surface area contributed by atoms with Crippen molar-refractivity contribution in [3.8, 4) is 0 Å². The largest absolute Gasteiger partial charge is 0.362 e. The van der Waals surface area contributed by atoms with E-state index in [2.05, 4.69) is 5.32 Å². The highest BCUT2D eigenvalue weighted by Crippen LogP contribution is 2.18. The Morgan fingerprint density at radius 2 is 2.05 bits per heavy atom. The van der Waals surface area contributed by atoms with Crippen LogP contribution in [0.3, 0.4) is 0 Å². The molecule has 1 fully saturated rings. The lowest BCUT2D eigenvalue weighted by atomic mass is 10.0. The minimum Gasteiger partial charge on any atom is -0.362 e. The maximum atomic E-state index is 12.3. The van der Waals surface area contributed by atoms with Gasteiger partial charge in [-0.25, -0.2) is 0 Å².